The number of para-hydroxylation sites is 1. The van der Waals surface area contributed by atoms with Gasteiger partial charge in [0.1, 0.15) is 11.8 Å². The number of benzene rings is 2. The van der Waals surface area contributed by atoms with Crippen LogP contribution < -0.4 is 21.3 Å². The molecular weight excluding hydrogens is 468 g/mol. The van der Waals surface area contributed by atoms with Crippen LogP contribution in [0.15, 0.2) is 48.7 Å². The van der Waals surface area contributed by atoms with Crippen molar-refractivity contribution in [3.05, 3.63) is 65.9 Å². The maximum atomic E-state index is 14.0. The summed E-state index contributed by atoms with van der Waals surface area (Å²) in [6.07, 6.45) is 3.61. The molecule has 10 heteroatoms. The average Bonchev–Trinajstić information content (AvgIpc) is 3.31. The molecule has 0 bridgehead atoms. The van der Waals surface area contributed by atoms with Crippen molar-refractivity contribution in [3.8, 4) is 11.5 Å². The minimum atomic E-state index is -0.788. The van der Waals surface area contributed by atoms with Gasteiger partial charge in [-0.2, -0.15) is 0 Å². The predicted octanol–water partition coefficient (Wildman–Crippen LogP) is 2.72. The van der Waals surface area contributed by atoms with Crippen molar-refractivity contribution in [3.63, 3.8) is 0 Å². The van der Waals surface area contributed by atoms with E-state index in [4.69, 9.17) is 10.5 Å². The van der Waals surface area contributed by atoms with E-state index in [-0.39, 0.29) is 29.5 Å². The van der Waals surface area contributed by atoms with Gasteiger partial charge in [-0.3, -0.25) is 15.0 Å². The van der Waals surface area contributed by atoms with Crippen molar-refractivity contribution in [2.24, 2.45) is 11.7 Å². The third-order valence-corrected chi connectivity index (χ3v) is 7.13. The first kappa shape index (κ1) is 24.2. The molecule has 0 saturated carbocycles. The quantitative estimate of drug-likeness (QED) is 0.588. The summed E-state index contributed by atoms with van der Waals surface area (Å²) < 4.78 is 33.4. The summed E-state index contributed by atoms with van der Waals surface area (Å²) in [6, 6.07) is 9.84. The normalized spacial score (nSPS) is 25.8. The molecule has 4 N–H and O–H groups in total. The molecule has 2 fully saturated rings. The lowest BCUT2D eigenvalue weighted by molar-refractivity contribution is -0.134. The molecule has 3 unspecified atom stereocenters. The number of halogens is 2. The van der Waals surface area contributed by atoms with Gasteiger partial charge < -0.3 is 20.3 Å². The summed E-state index contributed by atoms with van der Waals surface area (Å²) in [5.74, 6) is -2.16. The van der Waals surface area contributed by atoms with Gasteiger partial charge in [-0.15, -0.1) is 0 Å². The van der Waals surface area contributed by atoms with Gasteiger partial charge in [0.2, 0.25) is 5.91 Å². The molecule has 36 heavy (non-hydrogen) atoms. The zero-order valence-electron chi connectivity index (χ0n) is 19.9. The third kappa shape index (κ3) is 4.42. The van der Waals surface area contributed by atoms with Crippen LogP contribution in [0.2, 0.25) is 0 Å². The van der Waals surface area contributed by atoms with E-state index in [2.05, 4.69) is 10.9 Å². The summed E-state index contributed by atoms with van der Waals surface area (Å²) in [7, 11) is 0. The first-order valence-corrected chi connectivity index (χ1v) is 12.2. The lowest BCUT2D eigenvalue weighted by Crippen LogP contribution is -2.67. The number of fused-ring (bicyclic) bond motifs is 1. The Morgan fingerprint density at radius 3 is 2.58 bits per heavy atom. The number of piperidine rings is 1. The average molecular weight is 498 g/mol. The van der Waals surface area contributed by atoms with Crippen molar-refractivity contribution in [1.82, 2.24) is 20.7 Å². The number of rotatable bonds is 5. The highest BCUT2D eigenvalue weighted by Gasteiger charge is 2.49. The van der Waals surface area contributed by atoms with Crippen molar-refractivity contribution in [2.75, 3.05) is 13.1 Å². The molecule has 0 spiro atoms. The standard InChI is InChI=1S/C26H29F2N5O3/c1-2-21(34)32-12-4-5-16(13-32)33-14-18(22-23(33)26(35)31-30-25(22)29)15-8-10-17(11-9-15)36-24-19(27)6-3-7-20(24)28/h3,6-11,14,16,22-23,25,30H,2,4-5,12-13,29H2,1H3,(H,31,35)/t16-,22?,23?,25?/m1/s1. The molecule has 190 valence electrons. The summed E-state index contributed by atoms with van der Waals surface area (Å²) >= 11 is 0. The summed E-state index contributed by atoms with van der Waals surface area (Å²) in [5, 5.41) is 0. The maximum absolute atomic E-state index is 14.0. The van der Waals surface area contributed by atoms with E-state index in [1.165, 1.54) is 6.07 Å². The first-order valence-electron chi connectivity index (χ1n) is 12.2. The monoisotopic (exact) mass is 497 g/mol. The molecule has 0 aliphatic carbocycles. The Morgan fingerprint density at radius 2 is 1.89 bits per heavy atom. The van der Waals surface area contributed by atoms with E-state index in [1.807, 2.05) is 22.9 Å². The molecule has 5 rings (SSSR count). The van der Waals surface area contributed by atoms with Gasteiger partial charge in [0, 0.05) is 37.7 Å². The Hall–Kier alpha value is -3.50. The fourth-order valence-corrected chi connectivity index (χ4v) is 5.35. The highest BCUT2D eigenvalue weighted by atomic mass is 19.1. The number of carbonyl (C=O) groups excluding carboxylic acids is 2. The predicted molar refractivity (Wildman–Crippen MR) is 129 cm³/mol. The van der Waals surface area contributed by atoms with Crippen LogP contribution in [0.1, 0.15) is 31.7 Å². The van der Waals surface area contributed by atoms with Gasteiger partial charge in [0.15, 0.2) is 17.4 Å². The number of likely N-dealkylation sites (tertiary alicyclic amines) is 1. The number of nitrogens with two attached hydrogens (primary N) is 1. The van der Waals surface area contributed by atoms with Crippen LogP contribution in [0.5, 0.6) is 11.5 Å². The van der Waals surface area contributed by atoms with Crippen molar-refractivity contribution in [1.29, 1.82) is 0 Å². The van der Waals surface area contributed by atoms with E-state index in [0.29, 0.717) is 13.0 Å². The van der Waals surface area contributed by atoms with E-state index >= 15 is 0 Å². The number of amides is 2. The highest BCUT2D eigenvalue weighted by molar-refractivity contribution is 5.89. The second kappa shape index (κ2) is 9.87. The van der Waals surface area contributed by atoms with Gasteiger partial charge >= 0.3 is 0 Å². The second-order valence-electron chi connectivity index (χ2n) is 9.33. The number of hydrogen-bond donors (Lipinski definition) is 3. The SMILES string of the molecule is CCC(=O)N1CCC[C@@H](N2C=C(c3ccc(Oc4c(F)cccc4F)cc3)C3C(N)NNC(=O)C32)C1. The Bertz CT molecular complexity index is 1170. The van der Waals surface area contributed by atoms with Gasteiger partial charge in [-0.1, -0.05) is 25.1 Å². The lowest BCUT2D eigenvalue weighted by Gasteiger charge is -2.43. The molecule has 4 atom stereocenters. The number of hydrogen-bond acceptors (Lipinski definition) is 6. The summed E-state index contributed by atoms with van der Waals surface area (Å²) in [4.78, 5) is 29.2. The zero-order chi connectivity index (χ0) is 25.4. The molecule has 3 aliphatic heterocycles. The van der Waals surface area contributed by atoms with E-state index in [1.54, 1.807) is 24.3 Å². The number of ether oxygens (including phenoxy) is 1. The van der Waals surface area contributed by atoms with Crippen LogP contribution in [0.3, 0.4) is 0 Å². The van der Waals surface area contributed by atoms with Crippen LogP contribution in [-0.2, 0) is 9.59 Å². The summed E-state index contributed by atoms with van der Waals surface area (Å²) in [6.45, 7) is 3.12. The minimum absolute atomic E-state index is 0.0121. The third-order valence-electron chi connectivity index (χ3n) is 7.13. The summed E-state index contributed by atoms with van der Waals surface area (Å²) in [5.41, 5.74) is 13.6. The van der Waals surface area contributed by atoms with Crippen molar-refractivity contribution < 1.29 is 23.1 Å². The Morgan fingerprint density at radius 1 is 1.17 bits per heavy atom. The molecule has 8 nitrogen and oxygen atoms in total. The smallest absolute Gasteiger partial charge is 0.257 e. The van der Waals surface area contributed by atoms with Crippen molar-refractivity contribution in [2.45, 2.75) is 44.4 Å². The van der Waals surface area contributed by atoms with Crippen LogP contribution in [0.4, 0.5) is 8.78 Å². The lowest BCUT2D eigenvalue weighted by atomic mass is 9.86. The molecular formula is C26H29F2N5O3. The Balaban J connectivity index is 1.43. The number of hydrazine groups is 1. The molecule has 0 radical (unpaired) electrons. The second-order valence-corrected chi connectivity index (χ2v) is 9.33. The Labute approximate surface area is 208 Å². The minimum Gasteiger partial charge on any atom is -0.451 e. The van der Waals surface area contributed by atoms with Crippen LogP contribution in [-0.4, -0.2) is 53.0 Å². The van der Waals surface area contributed by atoms with Crippen LogP contribution in [0.25, 0.3) is 5.57 Å². The molecule has 3 aliphatic rings. The topological polar surface area (TPSA) is 99.9 Å². The van der Waals surface area contributed by atoms with Crippen molar-refractivity contribution >= 4 is 17.4 Å². The number of nitrogens with one attached hydrogen (secondary N) is 2. The van der Waals surface area contributed by atoms with E-state index in [9.17, 15) is 18.4 Å². The van der Waals surface area contributed by atoms with E-state index in [0.717, 1.165) is 42.7 Å². The zero-order valence-corrected chi connectivity index (χ0v) is 19.9. The number of carbonyl (C=O) groups is 2. The van der Waals surface area contributed by atoms with Gasteiger partial charge in [-0.25, -0.2) is 14.2 Å². The molecule has 0 aromatic heterocycles. The molecule has 3 heterocycles. The Kier molecular flexibility index (Phi) is 6.63. The largest absolute Gasteiger partial charge is 0.451 e. The molecule has 2 saturated heterocycles. The number of nitrogens with zero attached hydrogens (tertiary/aromatic N) is 2. The van der Waals surface area contributed by atoms with Gasteiger partial charge in [0.25, 0.3) is 5.91 Å². The van der Waals surface area contributed by atoms with Gasteiger partial charge in [-0.05, 0) is 48.2 Å². The molecule has 2 aromatic rings. The maximum Gasteiger partial charge on any atom is 0.257 e. The molecule has 2 aromatic carbocycles. The van der Waals surface area contributed by atoms with Crippen LogP contribution >= 0.6 is 0 Å². The molecule has 2 amide bonds. The fourth-order valence-electron chi connectivity index (χ4n) is 5.35. The highest BCUT2D eigenvalue weighted by Crippen LogP contribution is 2.41. The van der Waals surface area contributed by atoms with Crippen LogP contribution in [0, 0.1) is 17.6 Å². The first-order chi connectivity index (χ1) is 17.4. The fraction of sp³-hybridized carbons (Fsp3) is 0.385. The van der Waals surface area contributed by atoms with Gasteiger partial charge in [0.05, 0.1) is 6.17 Å². The van der Waals surface area contributed by atoms with E-state index < -0.39 is 29.6 Å².